The van der Waals surface area contributed by atoms with E-state index in [1.165, 1.54) is 17.0 Å². The number of Topliss-reactive ketones (excluding diaryl/α,β-unsaturated/α-hetero) is 1. The summed E-state index contributed by atoms with van der Waals surface area (Å²) in [5.41, 5.74) is 1.06. The van der Waals surface area contributed by atoms with Crippen LogP contribution in [0.4, 0.5) is 10.1 Å². The molecule has 0 aromatic heterocycles. The predicted molar refractivity (Wildman–Crippen MR) is 78.4 cm³/mol. The molecule has 2 aromatic carbocycles. The van der Waals surface area contributed by atoms with Crippen LogP contribution in [0.2, 0.25) is 10.0 Å². The van der Waals surface area contributed by atoms with Crippen molar-refractivity contribution < 1.29 is 14.0 Å². The number of ketones is 1. The summed E-state index contributed by atoms with van der Waals surface area (Å²) in [6.07, 6.45) is 0. The van der Waals surface area contributed by atoms with Gasteiger partial charge in [-0.25, -0.2) is 4.39 Å². The lowest BCUT2D eigenvalue weighted by Gasteiger charge is -2.17. The molecule has 0 radical (unpaired) electrons. The number of fused-ring (bicyclic) bond motifs is 1. The molecule has 0 bridgehead atoms. The van der Waals surface area contributed by atoms with Gasteiger partial charge in [-0.3, -0.25) is 9.59 Å². The molecule has 6 heteroatoms. The Labute approximate surface area is 129 Å². The number of benzene rings is 2. The molecule has 0 saturated heterocycles. The second-order valence-corrected chi connectivity index (χ2v) is 5.38. The minimum atomic E-state index is -0.720. The number of carbonyl (C=O) groups is 2. The van der Waals surface area contributed by atoms with E-state index in [0.717, 1.165) is 6.07 Å². The van der Waals surface area contributed by atoms with Gasteiger partial charge >= 0.3 is 0 Å². The number of amides is 1. The number of nitrogens with zero attached hydrogens (tertiary/aromatic N) is 1. The first-order valence-electron chi connectivity index (χ1n) is 6.07. The summed E-state index contributed by atoms with van der Waals surface area (Å²) in [6, 6.07) is 8.73. The van der Waals surface area contributed by atoms with Gasteiger partial charge in [-0.05, 0) is 29.8 Å². The fraction of sp³-hybridized carbons (Fsp3) is 0.0667. The molecule has 0 spiro atoms. The highest BCUT2D eigenvalue weighted by Crippen LogP contribution is 2.33. The van der Waals surface area contributed by atoms with Gasteiger partial charge in [0.05, 0.1) is 27.8 Å². The van der Waals surface area contributed by atoms with Crippen molar-refractivity contribution >= 4 is 40.6 Å². The van der Waals surface area contributed by atoms with Crippen LogP contribution < -0.4 is 4.90 Å². The lowest BCUT2D eigenvalue weighted by molar-refractivity contribution is -0.114. The first-order valence-corrected chi connectivity index (χ1v) is 6.83. The molecule has 1 amide bonds. The quantitative estimate of drug-likeness (QED) is 0.787. The van der Waals surface area contributed by atoms with Gasteiger partial charge in [0, 0.05) is 0 Å². The molecular weight excluding hydrogens is 316 g/mol. The van der Waals surface area contributed by atoms with E-state index in [0.29, 0.717) is 21.3 Å². The van der Waals surface area contributed by atoms with Crippen molar-refractivity contribution in [2.75, 3.05) is 4.90 Å². The van der Waals surface area contributed by atoms with Crippen molar-refractivity contribution in [3.63, 3.8) is 0 Å². The molecule has 1 heterocycles. The maximum absolute atomic E-state index is 13.2. The molecule has 0 saturated carbocycles. The standard InChI is InChI=1S/C15H8Cl2FNO2/c16-11-3-1-2-8(13(11)17)7-19-12-5-4-9(18)6-10(12)14(20)15(19)21/h1-6H,7H2. The molecular formula is C15H8Cl2FNO2. The Morgan fingerprint density at radius 3 is 2.62 bits per heavy atom. The number of hydrogen-bond donors (Lipinski definition) is 0. The van der Waals surface area contributed by atoms with Gasteiger partial charge < -0.3 is 4.90 Å². The van der Waals surface area contributed by atoms with E-state index in [1.807, 2.05) is 0 Å². The van der Waals surface area contributed by atoms with E-state index in [4.69, 9.17) is 23.2 Å². The van der Waals surface area contributed by atoms with Crippen molar-refractivity contribution in [2.24, 2.45) is 0 Å². The average Bonchev–Trinajstić information content (AvgIpc) is 2.69. The molecule has 1 aliphatic heterocycles. The molecule has 0 atom stereocenters. The third kappa shape index (κ3) is 2.30. The summed E-state index contributed by atoms with van der Waals surface area (Å²) in [5.74, 6) is -1.98. The van der Waals surface area contributed by atoms with E-state index >= 15 is 0 Å². The van der Waals surface area contributed by atoms with Crippen LogP contribution in [-0.2, 0) is 11.3 Å². The zero-order valence-corrected chi connectivity index (χ0v) is 12.1. The third-order valence-corrected chi connectivity index (χ3v) is 4.15. The van der Waals surface area contributed by atoms with Crippen LogP contribution >= 0.6 is 23.2 Å². The molecule has 0 unspecified atom stereocenters. The van der Waals surface area contributed by atoms with Crippen molar-refractivity contribution in [3.8, 4) is 0 Å². The minimum absolute atomic E-state index is 0.0677. The third-order valence-electron chi connectivity index (χ3n) is 3.29. The molecule has 1 aliphatic rings. The van der Waals surface area contributed by atoms with Crippen molar-refractivity contribution in [1.82, 2.24) is 0 Å². The fourth-order valence-corrected chi connectivity index (χ4v) is 2.65. The highest BCUT2D eigenvalue weighted by atomic mass is 35.5. The molecule has 0 fully saturated rings. The summed E-state index contributed by atoms with van der Waals surface area (Å²) in [5, 5.41) is 0.696. The number of hydrogen-bond acceptors (Lipinski definition) is 2. The zero-order valence-electron chi connectivity index (χ0n) is 10.6. The zero-order chi connectivity index (χ0) is 15.1. The molecule has 3 rings (SSSR count). The van der Waals surface area contributed by atoms with Crippen LogP contribution in [0.1, 0.15) is 15.9 Å². The highest BCUT2D eigenvalue weighted by molar-refractivity contribution is 6.52. The van der Waals surface area contributed by atoms with E-state index in [2.05, 4.69) is 0 Å². The van der Waals surface area contributed by atoms with E-state index in [-0.39, 0.29) is 12.1 Å². The number of anilines is 1. The number of halogens is 3. The second kappa shape index (κ2) is 5.13. The van der Waals surface area contributed by atoms with Crippen LogP contribution in [0.25, 0.3) is 0 Å². The smallest absolute Gasteiger partial charge is 0.299 e. The molecule has 0 N–H and O–H groups in total. The lowest BCUT2D eigenvalue weighted by atomic mass is 10.1. The van der Waals surface area contributed by atoms with Crippen LogP contribution in [0.15, 0.2) is 36.4 Å². The van der Waals surface area contributed by atoms with Crippen LogP contribution in [0.3, 0.4) is 0 Å². The summed E-state index contributed by atoms with van der Waals surface area (Å²) >= 11 is 12.0. The topological polar surface area (TPSA) is 37.4 Å². The summed E-state index contributed by atoms with van der Waals surface area (Å²) in [7, 11) is 0. The monoisotopic (exact) mass is 323 g/mol. The van der Waals surface area contributed by atoms with Crippen LogP contribution in [0.5, 0.6) is 0 Å². The van der Waals surface area contributed by atoms with Crippen molar-refractivity contribution in [1.29, 1.82) is 0 Å². The number of rotatable bonds is 2. The first-order chi connectivity index (χ1) is 9.99. The van der Waals surface area contributed by atoms with E-state index in [9.17, 15) is 14.0 Å². The van der Waals surface area contributed by atoms with Gasteiger partial charge in [-0.2, -0.15) is 0 Å². The van der Waals surface area contributed by atoms with Crippen LogP contribution in [-0.4, -0.2) is 11.7 Å². The SMILES string of the molecule is O=C1C(=O)N(Cc2cccc(Cl)c2Cl)c2ccc(F)cc21. The molecule has 2 aromatic rings. The van der Waals surface area contributed by atoms with Gasteiger partial charge in [0.25, 0.3) is 11.7 Å². The first kappa shape index (κ1) is 14.0. The normalized spacial score (nSPS) is 13.8. The Bertz CT molecular complexity index is 776. The molecule has 106 valence electrons. The molecule has 21 heavy (non-hydrogen) atoms. The highest BCUT2D eigenvalue weighted by Gasteiger charge is 2.36. The lowest BCUT2D eigenvalue weighted by Crippen LogP contribution is -2.29. The van der Waals surface area contributed by atoms with E-state index < -0.39 is 17.5 Å². The minimum Gasteiger partial charge on any atom is -0.300 e. The number of carbonyl (C=O) groups excluding carboxylic acids is 2. The van der Waals surface area contributed by atoms with Gasteiger partial charge in [-0.15, -0.1) is 0 Å². The van der Waals surface area contributed by atoms with Gasteiger partial charge in [-0.1, -0.05) is 35.3 Å². The Kier molecular flexibility index (Phi) is 3.43. The molecule has 3 nitrogen and oxygen atoms in total. The van der Waals surface area contributed by atoms with Crippen molar-refractivity contribution in [2.45, 2.75) is 6.54 Å². The second-order valence-electron chi connectivity index (χ2n) is 4.59. The van der Waals surface area contributed by atoms with Gasteiger partial charge in [0.1, 0.15) is 5.82 Å². The summed E-state index contributed by atoms with van der Waals surface area (Å²) in [4.78, 5) is 25.2. The van der Waals surface area contributed by atoms with Crippen molar-refractivity contribution in [3.05, 3.63) is 63.4 Å². The average molecular weight is 324 g/mol. The maximum atomic E-state index is 13.2. The Hall–Kier alpha value is -1.91. The predicted octanol–water partition coefficient (Wildman–Crippen LogP) is 3.86. The van der Waals surface area contributed by atoms with Gasteiger partial charge in [0.2, 0.25) is 0 Å². The summed E-state index contributed by atoms with van der Waals surface area (Å²) < 4.78 is 13.2. The van der Waals surface area contributed by atoms with Crippen LogP contribution in [0, 0.1) is 5.82 Å². The summed E-state index contributed by atoms with van der Waals surface area (Å²) in [6.45, 7) is 0.0998. The Balaban J connectivity index is 2.03. The molecule has 0 aliphatic carbocycles. The van der Waals surface area contributed by atoms with E-state index in [1.54, 1.807) is 18.2 Å². The Morgan fingerprint density at radius 1 is 1.10 bits per heavy atom. The maximum Gasteiger partial charge on any atom is 0.299 e. The fourth-order valence-electron chi connectivity index (χ4n) is 2.27. The largest absolute Gasteiger partial charge is 0.300 e. The van der Waals surface area contributed by atoms with Gasteiger partial charge in [0.15, 0.2) is 0 Å². The Morgan fingerprint density at radius 2 is 1.86 bits per heavy atom.